The molecule has 2 fully saturated rings. The summed E-state index contributed by atoms with van der Waals surface area (Å²) in [7, 11) is 0. The number of anilines is 2. The third-order valence-corrected chi connectivity index (χ3v) is 5.48. The number of nitrogens with zero attached hydrogens (tertiary/aromatic N) is 5. The Balaban J connectivity index is 1.56. The average Bonchev–Trinajstić information content (AvgIpc) is 3.06. The predicted octanol–water partition coefficient (Wildman–Crippen LogP) is 2.06. The minimum atomic E-state index is 0.149. The Morgan fingerprint density at radius 3 is 3.00 bits per heavy atom. The number of hydrogen-bond acceptors (Lipinski definition) is 7. The summed E-state index contributed by atoms with van der Waals surface area (Å²) in [6, 6.07) is 4.14. The fraction of sp³-hybridized carbons (Fsp3) is 0.562. The summed E-state index contributed by atoms with van der Waals surface area (Å²) < 4.78 is 5.98. The molecule has 0 N–H and O–H groups in total. The summed E-state index contributed by atoms with van der Waals surface area (Å²) in [5.74, 6) is 0. The van der Waals surface area contributed by atoms with E-state index >= 15 is 0 Å². The molecule has 2 aromatic rings. The molecular formula is C16H21N5OS. The highest BCUT2D eigenvalue weighted by Crippen LogP contribution is 2.36. The van der Waals surface area contributed by atoms with Crippen molar-refractivity contribution in [3.05, 3.63) is 30.0 Å². The number of ether oxygens (including phenoxy) is 1. The van der Waals surface area contributed by atoms with Crippen molar-refractivity contribution in [2.75, 3.05) is 49.2 Å². The molecule has 6 nitrogen and oxygen atoms in total. The number of piperidine rings is 1. The Morgan fingerprint density at radius 1 is 1.22 bits per heavy atom. The third-order valence-electron chi connectivity index (χ3n) is 4.73. The molecule has 122 valence electrons. The van der Waals surface area contributed by atoms with Gasteiger partial charge in [0.25, 0.3) is 0 Å². The zero-order chi connectivity index (χ0) is 15.5. The number of hydrogen-bond donors (Lipinski definition) is 0. The molecule has 0 aromatic carbocycles. The van der Waals surface area contributed by atoms with Gasteiger partial charge in [-0.25, -0.2) is 0 Å². The van der Waals surface area contributed by atoms with E-state index in [1.165, 1.54) is 18.5 Å². The van der Waals surface area contributed by atoms with Crippen LogP contribution in [0.1, 0.15) is 12.8 Å². The number of rotatable bonds is 2. The molecular weight excluding hydrogens is 310 g/mol. The summed E-state index contributed by atoms with van der Waals surface area (Å²) >= 11 is 1.62. The van der Waals surface area contributed by atoms with Gasteiger partial charge in [0.1, 0.15) is 5.51 Å². The molecule has 2 aliphatic rings. The van der Waals surface area contributed by atoms with Gasteiger partial charge < -0.3 is 14.5 Å². The lowest BCUT2D eigenvalue weighted by molar-refractivity contribution is 0.0598. The van der Waals surface area contributed by atoms with E-state index in [2.05, 4.69) is 31.0 Å². The van der Waals surface area contributed by atoms with Crippen LogP contribution in [0.2, 0.25) is 0 Å². The van der Waals surface area contributed by atoms with Gasteiger partial charge in [-0.3, -0.25) is 4.98 Å². The molecule has 1 atom stereocenters. The van der Waals surface area contributed by atoms with E-state index in [0.717, 1.165) is 44.5 Å². The monoisotopic (exact) mass is 331 g/mol. The van der Waals surface area contributed by atoms with Crippen molar-refractivity contribution < 1.29 is 4.74 Å². The molecule has 0 radical (unpaired) electrons. The molecule has 0 bridgehead atoms. The lowest BCUT2D eigenvalue weighted by atomic mass is 9.80. The molecule has 1 spiro atoms. The van der Waals surface area contributed by atoms with Crippen molar-refractivity contribution in [2.45, 2.75) is 12.8 Å². The summed E-state index contributed by atoms with van der Waals surface area (Å²) in [5.41, 5.74) is 3.14. The normalized spacial score (nSPS) is 25.6. The van der Waals surface area contributed by atoms with E-state index in [1.807, 2.05) is 24.0 Å². The topological polar surface area (TPSA) is 54.4 Å². The lowest BCUT2D eigenvalue weighted by Gasteiger charge is -2.43. The first-order valence-corrected chi connectivity index (χ1v) is 8.97. The largest absolute Gasteiger partial charge is 0.379 e. The molecule has 0 unspecified atom stereocenters. The fourth-order valence-electron chi connectivity index (χ4n) is 3.68. The SMILES string of the molecule is c1cncc(N2CCOC[C@@]3(CCCN(c4nncs4)C3)C2)c1. The maximum absolute atomic E-state index is 5.98. The minimum Gasteiger partial charge on any atom is -0.379 e. The highest BCUT2D eigenvalue weighted by molar-refractivity contribution is 7.13. The van der Waals surface area contributed by atoms with Gasteiger partial charge in [0, 0.05) is 37.8 Å². The van der Waals surface area contributed by atoms with Crippen molar-refractivity contribution in [3.8, 4) is 0 Å². The molecule has 7 heteroatoms. The van der Waals surface area contributed by atoms with Crippen LogP contribution >= 0.6 is 11.3 Å². The van der Waals surface area contributed by atoms with Crippen LogP contribution in [0.5, 0.6) is 0 Å². The first-order valence-electron chi connectivity index (χ1n) is 8.09. The molecule has 2 saturated heterocycles. The van der Waals surface area contributed by atoms with Crippen LogP contribution in [0.25, 0.3) is 0 Å². The Morgan fingerprint density at radius 2 is 2.17 bits per heavy atom. The Labute approximate surface area is 140 Å². The molecule has 2 aromatic heterocycles. The second kappa shape index (κ2) is 6.41. The smallest absolute Gasteiger partial charge is 0.208 e. The zero-order valence-electron chi connectivity index (χ0n) is 13.1. The van der Waals surface area contributed by atoms with E-state index < -0.39 is 0 Å². The van der Waals surface area contributed by atoms with Crippen molar-refractivity contribution in [1.29, 1.82) is 0 Å². The van der Waals surface area contributed by atoms with E-state index in [4.69, 9.17) is 4.74 Å². The Bertz CT molecular complexity index is 623. The van der Waals surface area contributed by atoms with Crippen LogP contribution in [0, 0.1) is 5.41 Å². The van der Waals surface area contributed by atoms with Gasteiger partial charge in [-0.2, -0.15) is 0 Å². The van der Waals surface area contributed by atoms with Crippen molar-refractivity contribution >= 4 is 22.2 Å². The van der Waals surface area contributed by atoms with E-state index in [-0.39, 0.29) is 5.41 Å². The fourth-order valence-corrected chi connectivity index (χ4v) is 4.27. The van der Waals surface area contributed by atoms with Crippen molar-refractivity contribution in [3.63, 3.8) is 0 Å². The summed E-state index contributed by atoms with van der Waals surface area (Å²) in [6.07, 6.45) is 6.14. The molecule has 23 heavy (non-hydrogen) atoms. The quantitative estimate of drug-likeness (QED) is 0.839. The van der Waals surface area contributed by atoms with E-state index in [1.54, 1.807) is 11.3 Å². The predicted molar refractivity (Wildman–Crippen MR) is 91.1 cm³/mol. The third kappa shape index (κ3) is 3.16. The first kappa shape index (κ1) is 14.8. The Kier molecular flexibility index (Phi) is 4.13. The standard InChI is InChI=1S/C16H21N5OS/c1-3-14(9-17-5-1)20-7-8-22-12-16(10-20)4-2-6-21(11-16)15-19-18-13-23-15/h1,3,5,9,13H,2,4,6-8,10-12H2/t16-/m0/s1. The van der Waals surface area contributed by atoms with Crippen molar-refractivity contribution in [1.82, 2.24) is 15.2 Å². The van der Waals surface area contributed by atoms with Crippen LogP contribution in [-0.4, -0.2) is 54.6 Å². The van der Waals surface area contributed by atoms with Crippen LogP contribution < -0.4 is 9.80 Å². The second-order valence-corrected chi connectivity index (χ2v) is 7.24. The molecule has 4 heterocycles. The Hall–Kier alpha value is -1.73. The maximum Gasteiger partial charge on any atom is 0.208 e. The van der Waals surface area contributed by atoms with Crippen LogP contribution in [0.15, 0.2) is 30.0 Å². The van der Waals surface area contributed by atoms with Gasteiger partial charge in [-0.15, -0.1) is 10.2 Å². The van der Waals surface area contributed by atoms with Gasteiger partial charge in [0.15, 0.2) is 0 Å². The van der Waals surface area contributed by atoms with Gasteiger partial charge in [0.2, 0.25) is 5.13 Å². The molecule has 2 aliphatic heterocycles. The molecule has 0 aliphatic carbocycles. The van der Waals surface area contributed by atoms with E-state index in [0.29, 0.717) is 0 Å². The number of aromatic nitrogens is 3. The molecule has 4 rings (SSSR count). The van der Waals surface area contributed by atoms with Gasteiger partial charge in [-0.1, -0.05) is 11.3 Å². The van der Waals surface area contributed by atoms with E-state index in [9.17, 15) is 0 Å². The summed E-state index contributed by atoms with van der Waals surface area (Å²) in [6.45, 7) is 5.57. The first-order chi connectivity index (χ1) is 11.3. The van der Waals surface area contributed by atoms with Gasteiger partial charge in [0.05, 0.1) is 25.1 Å². The second-order valence-electron chi connectivity index (χ2n) is 6.43. The van der Waals surface area contributed by atoms with Gasteiger partial charge >= 0.3 is 0 Å². The zero-order valence-corrected chi connectivity index (χ0v) is 13.9. The average molecular weight is 331 g/mol. The van der Waals surface area contributed by atoms with Crippen LogP contribution in [-0.2, 0) is 4.74 Å². The van der Waals surface area contributed by atoms with Crippen molar-refractivity contribution in [2.24, 2.45) is 5.41 Å². The highest BCUT2D eigenvalue weighted by Gasteiger charge is 2.39. The summed E-state index contributed by atoms with van der Waals surface area (Å²) in [5, 5.41) is 9.27. The minimum absolute atomic E-state index is 0.149. The summed E-state index contributed by atoms with van der Waals surface area (Å²) in [4.78, 5) is 9.06. The lowest BCUT2D eigenvalue weighted by Crippen LogP contribution is -2.50. The molecule has 0 amide bonds. The van der Waals surface area contributed by atoms with Gasteiger partial charge in [-0.05, 0) is 25.0 Å². The van der Waals surface area contributed by atoms with Crippen LogP contribution in [0.4, 0.5) is 10.8 Å². The highest BCUT2D eigenvalue weighted by atomic mass is 32.1. The van der Waals surface area contributed by atoms with Crippen LogP contribution in [0.3, 0.4) is 0 Å². The maximum atomic E-state index is 5.98. The number of pyridine rings is 1. The molecule has 0 saturated carbocycles.